The summed E-state index contributed by atoms with van der Waals surface area (Å²) in [4.78, 5) is 14.4. The van der Waals surface area contributed by atoms with Crippen molar-refractivity contribution in [2.75, 3.05) is 0 Å². The van der Waals surface area contributed by atoms with Gasteiger partial charge in [0, 0.05) is 11.7 Å². The summed E-state index contributed by atoms with van der Waals surface area (Å²) in [6.07, 6.45) is 6.66. The molecule has 0 unspecified atom stereocenters. The SMILES string of the molecule is Cc1ccnc(-c2[c-]c3c(cc2)c2ccccc2n3-c2[c-]c(C3=N[C@H]4CCCC[C@@H]4O3)cc(C)n2)c1.[Pt+2]. The fraction of sp³-hybridized carbons (Fsp3) is 0.258. The monoisotopic (exact) mass is 665 g/mol. The third-order valence-corrected chi connectivity index (χ3v) is 7.31. The summed E-state index contributed by atoms with van der Waals surface area (Å²) in [7, 11) is 0. The maximum Gasteiger partial charge on any atom is 2.00 e. The van der Waals surface area contributed by atoms with Crippen molar-refractivity contribution in [3.63, 3.8) is 0 Å². The molecule has 186 valence electrons. The number of aliphatic imine (C=N–C) groups is 1. The summed E-state index contributed by atoms with van der Waals surface area (Å²) in [5, 5.41) is 2.28. The van der Waals surface area contributed by atoms with Crippen LogP contribution >= 0.6 is 0 Å². The summed E-state index contributed by atoms with van der Waals surface area (Å²) in [5.41, 5.74) is 6.84. The van der Waals surface area contributed by atoms with Crippen LogP contribution in [-0.2, 0) is 25.8 Å². The van der Waals surface area contributed by atoms with Crippen molar-refractivity contribution < 1.29 is 25.8 Å². The van der Waals surface area contributed by atoms with E-state index in [0.717, 1.165) is 63.0 Å². The van der Waals surface area contributed by atoms with Crippen LogP contribution in [0.15, 0.2) is 65.8 Å². The van der Waals surface area contributed by atoms with Gasteiger partial charge < -0.3 is 19.3 Å². The molecule has 0 radical (unpaired) electrons. The third-order valence-electron chi connectivity index (χ3n) is 7.31. The van der Waals surface area contributed by atoms with Crippen molar-refractivity contribution in [1.82, 2.24) is 14.5 Å². The number of benzene rings is 2. The van der Waals surface area contributed by atoms with Crippen LogP contribution in [0.2, 0.25) is 0 Å². The normalized spacial score (nSPS) is 18.8. The van der Waals surface area contributed by atoms with E-state index in [0.29, 0.717) is 5.90 Å². The first-order valence-electron chi connectivity index (χ1n) is 12.7. The number of para-hydroxylation sites is 1. The molecular formula is C31H26N4OPt. The maximum absolute atomic E-state index is 6.31. The molecule has 2 aromatic carbocycles. The fourth-order valence-electron chi connectivity index (χ4n) is 5.58. The van der Waals surface area contributed by atoms with E-state index in [1.54, 1.807) is 0 Å². The second-order valence-electron chi connectivity index (χ2n) is 9.91. The van der Waals surface area contributed by atoms with E-state index >= 15 is 0 Å². The van der Waals surface area contributed by atoms with Gasteiger partial charge in [0.1, 0.15) is 12.0 Å². The Bertz CT molecular complexity index is 1670. The molecule has 5 aromatic rings. The van der Waals surface area contributed by atoms with E-state index in [4.69, 9.17) is 14.7 Å². The Morgan fingerprint density at radius 1 is 0.919 bits per heavy atom. The smallest absolute Gasteiger partial charge is 0.529 e. The van der Waals surface area contributed by atoms with Gasteiger partial charge in [0.2, 0.25) is 0 Å². The van der Waals surface area contributed by atoms with Gasteiger partial charge in [-0.1, -0.05) is 41.6 Å². The Labute approximate surface area is 230 Å². The molecule has 0 spiro atoms. The zero-order valence-electron chi connectivity index (χ0n) is 20.8. The molecule has 1 aliphatic carbocycles. The van der Waals surface area contributed by atoms with Crippen molar-refractivity contribution in [2.24, 2.45) is 4.99 Å². The van der Waals surface area contributed by atoms with E-state index in [1.165, 1.54) is 18.4 Å². The Hall–Kier alpha value is -3.30. The molecule has 0 amide bonds. The molecule has 2 aliphatic rings. The fourth-order valence-corrected chi connectivity index (χ4v) is 5.58. The zero-order valence-corrected chi connectivity index (χ0v) is 23.0. The number of nitrogens with zero attached hydrogens (tertiary/aromatic N) is 4. The van der Waals surface area contributed by atoms with Crippen LogP contribution in [0.5, 0.6) is 0 Å². The van der Waals surface area contributed by atoms with Gasteiger partial charge in [-0.05, 0) is 67.5 Å². The van der Waals surface area contributed by atoms with Crippen LogP contribution in [0.25, 0.3) is 38.9 Å². The molecule has 5 nitrogen and oxygen atoms in total. The molecule has 0 saturated heterocycles. The average molecular weight is 666 g/mol. The Morgan fingerprint density at radius 2 is 1.78 bits per heavy atom. The average Bonchev–Trinajstić information content (AvgIpc) is 3.47. The number of pyridine rings is 2. The van der Waals surface area contributed by atoms with Crippen molar-refractivity contribution in [2.45, 2.75) is 51.7 Å². The zero-order chi connectivity index (χ0) is 24.2. The summed E-state index contributed by atoms with van der Waals surface area (Å²) in [6, 6.07) is 26.3. The van der Waals surface area contributed by atoms with Crippen molar-refractivity contribution >= 4 is 27.7 Å². The van der Waals surface area contributed by atoms with Crippen molar-refractivity contribution in [1.29, 1.82) is 0 Å². The number of hydrogen-bond acceptors (Lipinski definition) is 4. The first-order valence-corrected chi connectivity index (χ1v) is 12.7. The topological polar surface area (TPSA) is 52.3 Å². The maximum atomic E-state index is 6.31. The molecule has 4 heterocycles. The first kappa shape index (κ1) is 24.1. The molecule has 6 heteroatoms. The van der Waals surface area contributed by atoms with Gasteiger partial charge in [-0.3, -0.25) is 4.98 Å². The van der Waals surface area contributed by atoms with Gasteiger partial charge in [0.15, 0.2) is 0 Å². The summed E-state index contributed by atoms with van der Waals surface area (Å²) >= 11 is 0. The predicted octanol–water partition coefficient (Wildman–Crippen LogP) is 6.54. The molecule has 2 atom stereocenters. The van der Waals surface area contributed by atoms with Gasteiger partial charge in [-0.15, -0.1) is 41.5 Å². The number of rotatable bonds is 3. The van der Waals surface area contributed by atoms with E-state index in [2.05, 4.69) is 71.1 Å². The minimum atomic E-state index is 0. The minimum absolute atomic E-state index is 0. The standard InChI is InChI=1S/C31H26N4O.Pt/c1-19-13-14-32-26(15-19)21-11-12-24-23-7-3-5-9-27(23)35(28(24)17-21)30-18-22(16-20(2)33-30)31-34-25-8-4-6-10-29(25)36-31;/h3,5,7,9,11-16,25,29H,4,6,8,10H2,1-2H3;/q-2;+2/t25-,29-;/m0./s1. The van der Waals surface area contributed by atoms with E-state index in [-0.39, 0.29) is 33.2 Å². The van der Waals surface area contributed by atoms with Gasteiger partial charge in [0.05, 0.1) is 11.9 Å². The molecule has 37 heavy (non-hydrogen) atoms. The van der Waals surface area contributed by atoms with Crippen LogP contribution < -0.4 is 0 Å². The van der Waals surface area contributed by atoms with Crippen LogP contribution in [0.4, 0.5) is 0 Å². The minimum Gasteiger partial charge on any atom is -0.529 e. The number of fused-ring (bicyclic) bond motifs is 4. The molecular weight excluding hydrogens is 639 g/mol. The Morgan fingerprint density at radius 3 is 2.65 bits per heavy atom. The molecule has 7 rings (SSSR count). The summed E-state index contributed by atoms with van der Waals surface area (Å²) in [6.45, 7) is 4.10. The van der Waals surface area contributed by atoms with Gasteiger partial charge in [-0.2, -0.15) is 0 Å². The van der Waals surface area contributed by atoms with Gasteiger partial charge >= 0.3 is 21.1 Å². The van der Waals surface area contributed by atoms with Crippen LogP contribution in [0, 0.1) is 26.0 Å². The number of aromatic nitrogens is 3. The molecule has 0 N–H and O–H groups in total. The second kappa shape index (κ2) is 9.54. The summed E-state index contributed by atoms with van der Waals surface area (Å²) < 4.78 is 8.46. The number of hydrogen-bond donors (Lipinski definition) is 0. The molecule has 0 bridgehead atoms. The van der Waals surface area contributed by atoms with Gasteiger partial charge in [0.25, 0.3) is 0 Å². The molecule has 1 aliphatic heterocycles. The number of aryl methyl sites for hydroxylation is 2. The third kappa shape index (κ3) is 4.20. The molecule has 3 aromatic heterocycles. The van der Waals surface area contributed by atoms with Crippen LogP contribution in [-0.4, -0.2) is 32.6 Å². The second-order valence-corrected chi connectivity index (χ2v) is 9.91. The first-order chi connectivity index (χ1) is 17.6. The van der Waals surface area contributed by atoms with Crippen LogP contribution in [0.1, 0.15) is 42.5 Å². The molecule has 1 saturated carbocycles. The molecule has 1 fully saturated rings. The quantitative estimate of drug-likeness (QED) is 0.206. The van der Waals surface area contributed by atoms with E-state index < -0.39 is 0 Å². The summed E-state index contributed by atoms with van der Waals surface area (Å²) in [5.74, 6) is 1.43. The van der Waals surface area contributed by atoms with Crippen molar-refractivity contribution in [3.05, 3.63) is 89.7 Å². The van der Waals surface area contributed by atoms with Crippen molar-refractivity contribution in [3.8, 4) is 17.1 Å². The predicted molar refractivity (Wildman–Crippen MR) is 143 cm³/mol. The Balaban J connectivity index is 0.00000252. The number of ether oxygens (including phenoxy) is 1. The van der Waals surface area contributed by atoms with E-state index in [1.807, 2.05) is 25.3 Å². The largest absolute Gasteiger partial charge is 2.00 e. The van der Waals surface area contributed by atoms with Crippen LogP contribution in [0.3, 0.4) is 0 Å². The van der Waals surface area contributed by atoms with Gasteiger partial charge in [-0.25, -0.2) is 0 Å². The Kier molecular flexibility index (Phi) is 6.20. The van der Waals surface area contributed by atoms with E-state index in [9.17, 15) is 0 Å².